The largest absolute Gasteiger partial charge is 0.355 e. The van der Waals surface area contributed by atoms with Crippen LogP contribution in [0.15, 0.2) is 30.5 Å². The van der Waals surface area contributed by atoms with Crippen molar-refractivity contribution in [3.63, 3.8) is 0 Å². The monoisotopic (exact) mass is 356 g/mol. The molecule has 0 radical (unpaired) electrons. The zero-order valence-electron chi connectivity index (χ0n) is 14.2. The number of benzene rings is 1. The number of nitrogens with one attached hydrogen (secondary N) is 1. The lowest BCUT2D eigenvalue weighted by molar-refractivity contribution is 0.421. The summed E-state index contributed by atoms with van der Waals surface area (Å²) in [5.41, 5.74) is 9.18. The number of halogens is 1. The van der Waals surface area contributed by atoms with Gasteiger partial charge in [-0.3, -0.25) is 5.10 Å². The van der Waals surface area contributed by atoms with E-state index in [0.29, 0.717) is 10.7 Å². The third-order valence-electron chi connectivity index (χ3n) is 4.84. The molecule has 0 bridgehead atoms. The van der Waals surface area contributed by atoms with Crippen LogP contribution in [0.4, 0.5) is 5.82 Å². The first-order valence-electron chi connectivity index (χ1n) is 8.53. The van der Waals surface area contributed by atoms with E-state index in [4.69, 9.17) is 22.3 Å². The number of aromatic nitrogens is 4. The van der Waals surface area contributed by atoms with E-state index < -0.39 is 0 Å². The molecule has 1 saturated heterocycles. The van der Waals surface area contributed by atoms with Crippen molar-refractivity contribution < 1.29 is 0 Å². The summed E-state index contributed by atoms with van der Waals surface area (Å²) in [6.45, 7) is 3.95. The standard InChI is InChI=1S/C18H21ClN6/c1-18(20)7-4-9-25(10-8-18)14-11-21-16-15(23-24-17(16)22-14)12-5-2-3-6-13(12)19/h2-3,5-6,11H,4,7-10,20H2,1H3,(H,22,23,24). The second kappa shape index (κ2) is 6.28. The third kappa shape index (κ3) is 3.19. The maximum Gasteiger partial charge on any atom is 0.177 e. The highest BCUT2D eigenvalue weighted by atomic mass is 35.5. The van der Waals surface area contributed by atoms with Crippen LogP contribution in [-0.2, 0) is 0 Å². The van der Waals surface area contributed by atoms with E-state index in [1.54, 1.807) is 0 Å². The molecule has 1 aliphatic rings. The quantitative estimate of drug-likeness (QED) is 0.735. The number of nitrogens with zero attached hydrogens (tertiary/aromatic N) is 4. The van der Waals surface area contributed by atoms with Gasteiger partial charge in [0.2, 0.25) is 0 Å². The van der Waals surface area contributed by atoms with Crippen molar-refractivity contribution >= 4 is 28.6 Å². The van der Waals surface area contributed by atoms with E-state index in [9.17, 15) is 0 Å². The molecule has 6 nitrogen and oxygen atoms in total. The number of rotatable bonds is 2. The second-order valence-electron chi connectivity index (χ2n) is 6.97. The summed E-state index contributed by atoms with van der Waals surface area (Å²) < 4.78 is 0. The molecule has 1 aromatic carbocycles. The van der Waals surface area contributed by atoms with Gasteiger partial charge >= 0.3 is 0 Å². The Labute approximate surface area is 151 Å². The number of hydrogen-bond acceptors (Lipinski definition) is 5. The molecule has 2 aromatic heterocycles. The maximum atomic E-state index is 6.30. The average Bonchev–Trinajstić information content (AvgIpc) is 2.92. The van der Waals surface area contributed by atoms with Crippen LogP contribution in [0, 0.1) is 0 Å². The van der Waals surface area contributed by atoms with Crippen LogP contribution in [0.5, 0.6) is 0 Å². The van der Waals surface area contributed by atoms with E-state index in [1.807, 2.05) is 30.5 Å². The summed E-state index contributed by atoms with van der Waals surface area (Å²) in [4.78, 5) is 11.6. The van der Waals surface area contributed by atoms with Gasteiger partial charge in [0.05, 0.1) is 11.2 Å². The zero-order valence-corrected chi connectivity index (χ0v) is 14.9. The fraction of sp³-hybridized carbons (Fsp3) is 0.389. The summed E-state index contributed by atoms with van der Waals surface area (Å²) in [7, 11) is 0. The van der Waals surface area contributed by atoms with Crippen LogP contribution in [0.2, 0.25) is 5.02 Å². The first kappa shape index (κ1) is 16.3. The minimum Gasteiger partial charge on any atom is -0.355 e. The van der Waals surface area contributed by atoms with Crippen molar-refractivity contribution in [1.29, 1.82) is 0 Å². The highest BCUT2D eigenvalue weighted by Gasteiger charge is 2.24. The van der Waals surface area contributed by atoms with Crippen LogP contribution in [0.1, 0.15) is 26.2 Å². The van der Waals surface area contributed by atoms with E-state index in [1.165, 1.54) is 0 Å². The summed E-state index contributed by atoms with van der Waals surface area (Å²) in [5, 5.41) is 8.02. The van der Waals surface area contributed by atoms with Gasteiger partial charge in [-0.1, -0.05) is 29.8 Å². The topological polar surface area (TPSA) is 83.7 Å². The van der Waals surface area contributed by atoms with Gasteiger partial charge in [0, 0.05) is 24.2 Å². The summed E-state index contributed by atoms with van der Waals surface area (Å²) >= 11 is 6.29. The highest BCUT2D eigenvalue weighted by Crippen LogP contribution is 2.31. The van der Waals surface area contributed by atoms with E-state index in [2.05, 4.69) is 27.0 Å². The van der Waals surface area contributed by atoms with Gasteiger partial charge < -0.3 is 10.6 Å². The molecule has 4 rings (SSSR count). The van der Waals surface area contributed by atoms with Gasteiger partial charge in [-0.2, -0.15) is 5.10 Å². The van der Waals surface area contributed by atoms with Crippen molar-refractivity contribution in [3.8, 4) is 11.3 Å². The van der Waals surface area contributed by atoms with Crippen molar-refractivity contribution in [2.75, 3.05) is 18.0 Å². The van der Waals surface area contributed by atoms with Gasteiger partial charge in [0.1, 0.15) is 17.0 Å². The Kier molecular flexibility index (Phi) is 4.09. The smallest absolute Gasteiger partial charge is 0.177 e. The number of fused-ring (bicyclic) bond motifs is 1. The molecule has 3 aromatic rings. The lowest BCUT2D eigenvalue weighted by Crippen LogP contribution is -2.37. The van der Waals surface area contributed by atoms with Crippen LogP contribution in [-0.4, -0.2) is 38.8 Å². The average molecular weight is 357 g/mol. The number of H-pyrrole nitrogens is 1. The Hall–Kier alpha value is -2.18. The van der Waals surface area contributed by atoms with Crippen LogP contribution in [0.25, 0.3) is 22.4 Å². The Bertz CT molecular complexity index is 903. The summed E-state index contributed by atoms with van der Waals surface area (Å²) in [6.07, 6.45) is 4.85. The van der Waals surface area contributed by atoms with Crippen molar-refractivity contribution in [2.24, 2.45) is 5.73 Å². The van der Waals surface area contributed by atoms with E-state index in [-0.39, 0.29) is 5.54 Å². The second-order valence-corrected chi connectivity index (χ2v) is 7.38. The minimum absolute atomic E-state index is 0.0997. The van der Waals surface area contributed by atoms with E-state index >= 15 is 0 Å². The molecule has 0 spiro atoms. The van der Waals surface area contributed by atoms with Gasteiger partial charge in [0.15, 0.2) is 5.65 Å². The SMILES string of the molecule is CC1(N)CCCN(c2cnc3c(-c4ccccc4Cl)n[nH]c3n2)CC1. The molecule has 3 N–H and O–H groups in total. The maximum absolute atomic E-state index is 6.30. The van der Waals surface area contributed by atoms with Crippen molar-refractivity contribution in [2.45, 2.75) is 31.7 Å². The lowest BCUT2D eigenvalue weighted by atomic mass is 9.95. The van der Waals surface area contributed by atoms with Crippen LogP contribution >= 0.6 is 11.6 Å². The minimum atomic E-state index is -0.0997. The zero-order chi connectivity index (χ0) is 17.4. The molecular weight excluding hydrogens is 336 g/mol. The Morgan fingerprint density at radius 3 is 2.92 bits per heavy atom. The van der Waals surface area contributed by atoms with Crippen LogP contribution < -0.4 is 10.6 Å². The predicted octanol–water partition coefficient (Wildman–Crippen LogP) is 3.38. The lowest BCUT2D eigenvalue weighted by Gasteiger charge is -2.23. The molecule has 1 aliphatic heterocycles. The Balaban J connectivity index is 1.67. The van der Waals surface area contributed by atoms with Gasteiger partial charge in [0.25, 0.3) is 0 Å². The molecule has 1 atom stereocenters. The number of nitrogens with two attached hydrogens (primary N) is 1. The first-order valence-corrected chi connectivity index (χ1v) is 8.91. The van der Waals surface area contributed by atoms with Crippen LogP contribution in [0.3, 0.4) is 0 Å². The normalized spacial score (nSPS) is 21.5. The third-order valence-corrected chi connectivity index (χ3v) is 5.17. The fourth-order valence-electron chi connectivity index (χ4n) is 3.32. The molecular formula is C18H21ClN6. The number of anilines is 1. The van der Waals surface area contributed by atoms with Gasteiger partial charge in [-0.15, -0.1) is 0 Å². The number of hydrogen-bond donors (Lipinski definition) is 2. The molecule has 130 valence electrons. The summed E-state index contributed by atoms with van der Waals surface area (Å²) in [5.74, 6) is 0.861. The Morgan fingerprint density at radius 1 is 1.24 bits per heavy atom. The van der Waals surface area contributed by atoms with E-state index in [0.717, 1.165) is 54.9 Å². The molecule has 0 aliphatic carbocycles. The van der Waals surface area contributed by atoms with Crippen molar-refractivity contribution in [1.82, 2.24) is 20.2 Å². The number of aromatic amines is 1. The molecule has 3 heterocycles. The molecule has 1 fully saturated rings. The highest BCUT2D eigenvalue weighted by molar-refractivity contribution is 6.33. The van der Waals surface area contributed by atoms with Gasteiger partial charge in [-0.25, -0.2) is 9.97 Å². The van der Waals surface area contributed by atoms with Crippen molar-refractivity contribution in [3.05, 3.63) is 35.5 Å². The molecule has 0 amide bonds. The molecule has 0 saturated carbocycles. The molecule has 1 unspecified atom stereocenters. The molecule has 7 heteroatoms. The fourth-order valence-corrected chi connectivity index (χ4v) is 3.54. The predicted molar refractivity (Wildman–Crippen MR) is 101 cm³/mol. The summed E-state index contributed by atoms with van der Waals surface area (Å²) in [6, 6.07) is 7.62. The Morgan fingerprint density at radius 2 is 2.08 bits per heavy atom. The van der Waals surface area contributed by atoms with Gasteiger partial charge in [-0.05, 0) is 32.3 Å². The first-order chi connectivity index (χ1) is 12.0. The molecule has 25 heavy (non-hydrogen) atoms.